The van der Waals surface area contributed by atoms with Gasteiger partial charge in [-0.05, 0) is 24.4 Å². The lowest BCUT2D eigenvalue weighted by atomic mass is 10.1. The van der Waals surface area contributed by atoms with Crippen LogP contribution in [0.15, 0.2) is 43.1 Å². The SMILES string of the molecule is Cc1ncc(-c2cc3cc(NC(=O)c4cnn(C)c4)ncc3cn2)n1C. The van der Waals surface area contributed by atoms with E-state index in [-0.39, 0.29) is 5.91 Å². The smallest absolute Gasteiger partial charge is 0.260 e. The molecule has 0 aliphatic heterocycles. The first-order valence-corrected chi connectivity index (χ1v) is 8.06. The summed E-state index contributed by atoms with van der Waals surface area (Å²) in [5.41, 5.74) is 2.23. The molecule has 4 aromatic heterocycles. The average molecular weight is 347 g/mol. The number of hydrogen-bond donors (Lipinski definition) is 1. The molecule has 4 rings (SSSR count). The van der Waals surface area contributed by atoms with Gasteiger partial charge in [0.05, 0.1) is 29.3 Å². The number of carbonyl (C=O) groups is 1. The maximum absolute atomic E-state index is 12.3. The van der Waals surface area contributed by atoms with Gasteiger partial charge in [0.25, 0.3) is 5.91 Å². The van der Waals surface area contributed by atoms with Gasteiger partial charge in [-0.15, -0.1) is 0 Å². The number of aryl methyl sites for hydroxylation is 2. The van der Waals surface area contributed by atoms with Gasteiger partial charge < -0.3 is 9.88 Å². The van der Waals surface area contributed by atoms with E-state index >= 15 is 0 Å². The number of imidazole rings is 1. The molecule has 0 aliphatic carbocycles. The first-order valence-electron chi connectivity index (χ1n) is 8.06. The van der Waals surface area contributed by atoms with Crippen LogP contribution in [-0.4, -0.2) is 35.2 Å². The van der Waals surface area contributed by atoms with Crippen molar-refractivity contribution in [1.29, 1.82) is 0 Å². The highest BCUT2D eigenvalue weighted by Gasteiger charge is 2.11. The fourth-order valence-electron chi connectivity index (χ4n) is 2.71. The van der Waals surface area contributed by atoms with Crippen LogP contribution in [-0.2, 0) is 14.1 Å². The second-order valence-electron chi connectivity index (χ2n) is 6.09. The van der Waals surface area contributed by atoms with Crippen LogP contribution in [0, 0.1) is 6.92 Å². The van der Waals surface area contributed by atoms with Crippen LogP contribution in [0.1, 0.15) is 16.2 Å². The molecular weight excluding hydrogens is 330 g/mol. The molecule has 4 heterocycles. The Morgan fingerprint density at radius 3 is 2.50 bits per heavy atom. The van der Waals surface area contributed by atoms with Crippen molar-refractivity contribution in [2.45, 2.75) is 6.92 Å². The van der Waals surface area contributed by atoms with Crippen molar-refractivity contribution in [2.75, 3.05) is 5.32 Å². The highest BCUT2D eigenvalue weighted by Crippen LogP contribution is 2.23. The Bertz CT molecular complexity index is 1130. The van der Waals surface area contributed by atoms with E-state index in [0.717, 1.165) is 28.0 Å². The third kappa shape index (κ3) is 2.81. The van der Waals surface area contributed by atoms with Crippen molar-refractivity contribution >= 4 is 22.5 Å². The quantitative estimate of drug-likeness (QED) is 0.614. The van der Waals surface area contributed by atoms with E-state index in [0.29, 0.717) is 11.4 Å². The maximum Gasteiger partial charge on any atom is 0.260 e. The molecule has 1 amide bonds. The molecule has 0 spiro atoms. The summed E-state index contributed by atoms with van der Waals surface area (Å²) < 4.78 is 3.57. The van der Waals surface area contributed by atoms with Crippen molar-refractivity contribution in [3.8, 4) is 11.4 Å². The molecule has 0 radical (unpaired) electrons. The lowest BCUT2D eigenvalue weighted by Gasteiger charge is -2.07. The van der Waals surface area contributed by atoms with E-state index < -0.39 is 0 Å². The number of rotatable bonds is 3. The minimum atomic E-state index is -0.249. The molecule has 8 heteroatoms. The Kier molecular flexibility index (Phi) is 3.72. The average Bonchev–Trinajstić information content (AvgIpc) is 3.21. The van der Waals surface area contributed by atoms with E-state index in [1.54, 1.807) is 36.5 Å². The Labute approximate surface area is 149 Å². The van der Waals surface area contributed by atoms with Crippen molar-refractivity contribution in [3.05, 3.63) is 54.5 Å². The minimum absolute atomic E-state index is 0.249. The number of anilines is 1. The molecule has 0 aliphatic rings. The predicted octanol–water partition coefficient (Wildman–Crippen LogP) is 2.32. The summed E-state index contributed by atoms with van der Waals surface area (Å²) in [7, 11) is 3.72. The molecule has 0 atom stereocenters. The molecule has 0 saturated carbocycles. The highest BCUT2D eigenvalue weighted by atomic mass is 16.1. The number of carbonyl (C=O) groups excluding carboxylic acids is 1. The zero-order valence-corrected chi connectivity index (χ0v) is 14.6. The van der Waals surface area contributed by atoms with Gasteiger partial charge >= 0.3 is 0 Å². The Hall–Kier alpha value is -3.55. The summed E-state index contributed by atoms with van der Waals surface area (Å²) in [6.45, 7) is 1.94. The number of hydrogen-bond acceptors (Lipinski definition) is 5. The second-order valence-corrected chi connectivity index (χ2v) is 6.09. The van der Waals surface area contributed by atoms with Crippen LogP contribution in [0.4, 0.5) is 5.82 Å². The number of nitrogens with one attached hydrogen (secondary N) is 1. The maximum atomic E-state index is 12.3. The molecule has 8 nitrogen and oxygen atoms in total. The van der Waals surface area contributed by atoms with E-state index in [2.05, 4.69) is 25.4 Å². The van der Waals surface area contributed by atoms with Gasteiger partial charge in [-0.25, -0.2) is 9.97 Å². The normalized spacial score (nSPS) is 11.0. The topological polar surface area (TPSA) is 90.5 Å². The van der Waals surface area contributed by atoms with E-state index in [1.165, 1.54) is 6.20 Å². The van der Waals surface area contributed by atoms with E-state index in [4.69, 9.17) is 0 Å². The van der Waals surface area contributed by atoms with Crippen LogP contribution >= 0.6 is 0 Å². The Balaban J connectivity index is 1.67. The Morgan fingerprint density at radius 2 is 1.81 bits per heavy atom. The lowest BCUT2D eigenvalue weighted by Crippen LogP contribution is -2.12. The molecular formula is C18H17N7O. The first kappa shape index (κ1) is 15.9. The number of amides is 1. The summed E-state index contributed by atoms with van der Waals surface area (Å²) in [5.74, 6) is 1.15. The molecule has 130 valence electrons. The molecule has 0 saturated heterocycles. The van der Waals surface area contributed by atoms with Gasteiger partial charge in [0.2, 0.25) is 0 Å². The zero-order chi connectivity index (χ0) is 18.3. The van der Waals surface area contributed by atoms with Gasteiger partial charge in [-0.2, -0.15) is 5.10 Å². The van der Waals surface area contributed by atoms with E-state index in [1.807, 2.05) is 30.7 Å². The summed E-state index contributed by atoms with van der Waals surface area (Å²) >= 11 is 0. The third-order valence-electron chi connectivity index (χ3n) is 4.29. The fraction of sp³-hybridized carbons (Fsp3) is 0.167. The van der Waals surface area contributed by atoms with Gasteiger partial charge in [0, 0.05) is 38.1 Å². The zero-order valence-electron chi connectivity index (χ0n) is 14.6. The van der Waals surface area contributed by atoms with Crippen LogP contribution < -0.4 is 5.32 Å². The molecule has 0 bridgehead atoms. The second kappa shape index (κ2) is 6.07. The van der Waals surface area contributed by atoms with Crippen molar-refractivity contribution in [1.82, 2.24) is 29.3 Å². The van der Waals surface area contributed by atoms with Gasteiger partial charge in [-0.3, -0.25) is 14.5 Å². The molecule has 0 fully saturated rings. The van der Waals surface area contributed by atoms with Crippen molar-refractivity contribution in [3.63, 3.8) is 0 Å². The molecule has 1 N–H and O–H groups in total. The van der Waals surface area contributed by atoms with Crippen LogP contribution in [0.3, 0.4) is 0 Å². The van der Waals surface area contributed by atoms with Crippen LogP contribution in [0.2, 0.25) is 0 Å². The minimum Gasteiger partial charge on any atom is -0.330 e. The third-order valence-corrected chi connectivity index (χ3v) is 4.29. The number of nitrogens with zero attached hydrogens (tertiary/aromatic N) is 6. The highest BCUT2D eigenvalue weighted by molar-refractivity contribution is 6.04. The predicted molar refractivity (Wildman–Crippen MR) is 97.6 cm³/mol. The van der Waals surface area contributed by atoms with Crippen molar-refractivity contribution < 1.29 is 4.79 Å². The van der Waals surface area contributed by atoms with Gasteiger partial charge in [-0.1, -0.05) is 0 Å². The summed E-state index contributed by atoms with van der Waals surface area (Å²) in [5, 5.41) is 8.63. The van der Waals surface area contributed by atoms with Crippen molar-refractivity contribution in [2.24, 2.45) is 14.1 Å². The molecule has 4 aromatic rings. The molecule has 0 aromatic carbocycles. The first-order chi connectivity index (χ1) is 12.5. The van der Waals surface area contributed by atoms with Gasteiger partial charge in [0.1, 0.15) is 11.6 Å². The monoisotopic (exact) mass is 347 g/mol. The van der Waals surface area contributed by atoms with Gasteiger partial charge in [0.15, 0.2) is 0 Å². The number of fused-ring (bicyclic) bond motifs is 1. The lowest BCUT2D eigenvalue weighted by molar-refractivity contribution is 0.102. The van der Waals surface area contributed by atoms with Crippen LogP contribution in [0.25, 0.3) is 22.2 Å². The van der Waals surface area contributed by atoms with Crippen LogP contribution in [0.5, 0.6) is 0 Å². The fourth-order valence-corrected chi connectivity index (χ4v) is 2.71. The molecule has 26 heavy (non-hydrogen) atoms. The summed E-state index contributed by atoms with van der Waals surface area (Å²) in [6.07, 6.45) is 8.44. The standard InChI is InChI=1S/C18H17N7O/c1-11-19-9-16(25(11)3)15-4-12-5-17(21-7-13(12)6-20-15)23-18(26)14-8-22-24(2)10-14/h4-10H,1-3H3,(H,21,23,26). The molecule has 0 unspecified atom stereocenters. The largest absolute Gasteiger partial charge is 0.330 e. The number of pyridine rings is 2. The summed E-state index contributed by atoms with van der Waals surface area (Å²) in [6, 6.07) is 3.80. The van der Waals surface area contributed by atoms with E-state index in [9.17, 15) is 4.79 Å². The number of aromatic nitrogens is 6. The summed E-state index contributed by atoms with van der Waals surface area (Å²) in [4.78, 5) is 25.4. The Morgan fingerprint density at radius 1 is 1.00 bits per heavy atom.